The van der Waals surface area contributed by atoms with Gasteiger partial charge in [-0.25, -0.2) is 0 Å². The predicted molar refractivity (Wildman–Crippen MR) is 124 cm³/mol. The molecular weight excluding hydrogens is 372 g/mol. The summed E-state index contributed by atoms with van der Waals surface area (Å²) in [5, 5.41) is 30.3. The van der Waals surface area contributed by atoms with Crippen LogP contribution in [-0.4, -0.2) is 33.1 Å². The lowest BCUT2D eigenvalue weighted by molar-refractivity contribution is -0.0554. The number of aliphatic hydroxyl groups excluding tert-OH is 2. The molecule has 3 heteroatoms. The fourth-order valence-electron chi connectivity index (χ4n) is 6.58. The van der Waals surface area contributed by atoms with Crippen molar-refractivity contribution in [3.63, 3.8) is 0 Å². The van der Waals surface area contributed by atoms with E-state index in [0.717, 1.165) is 25.7 Å². The Morgan fingerprint density at radius 1 is 1.17 bits per heavy atom. The molecule has 0 saturated heterocycles. The van der Waals surface area contributed by atoms with Crippen molar-refractivity contribution in [1.82, 2.24) is 0 Å². The van der Waals surface area contributed by atoms with Crippen molar-refractivity contribution < 1.29 is 15.3 Å². The second kappa shape index (κ2) is 9.30. The molecule has 30 heavy (non-hydrogen) atoms. The van der Waals surface area contributed by atoms with Gasteiger partial charge in [0, 0.05) is 0 Å². The van der Waals surface area contributed by atoms with Gasteiger partial charge in [0.1, 0.15) is 0 Å². The van der Waals surface area contributed by atoms with Crippen LogP contribution in [-0.2, 0) is 0 Å². The molecule has 0 amide bonds. The van der Waals surface area contributed by atoms with Gasteiger partial charge in [-0.3, -0.25) is 0 Å². The lowest BCUT2D eigenvalue weighted by atomic mass is 9.60. The van der Waals surface area contributed by atoms with Crippen LogP contribution in [0.5, 0.6) is 0 Å². The van der Waals surface area contributed by atoms with Crippen LogP contribution in [0.1, 0.15) is 91.9 Å². The number of fused-ring (bicyclic) bond motifs is 1. The molecule has 1 unspecified atom stereocenters. The van der Waals surface area contributed by atoms with Gasteiger partial charge in [-0.15, -0.1) is 0 Å². The average Bonchev–Trinajstić information content (AvgIpc) is 3.03. The minimum atomic E-state index is -1.02. The maximum absolute atomic E-state index is 10.3. The first-order valence-electron chi connectivity index (χ1n) is 12.2. The van der Waals surface area contributed by atoms with E-state index >= 15 is 0 Å². The summed E-state index contributed by atoms with van der Waals surface area (Å²) in [5.74, 6) is 1.89. The van der Waals surface area contributed by atoms with Crippen molar-refractivity contribution in [2.75, 3.05) is 0 Å². The van der Waals surface area contributed by atoms with E-state index in [1.54, 1.807) is 19.4 Å². The van der Waals surface area contributed by atoms with E-state index in [-0.39, 0.29) is 6.10 Å². The highest BCUT2D eigenvalue weighted by Crippen LogP contribution is 2.60. The van der Waals surface area contributed by atoms with Gasteiger partial charge in [0.25, 0.3) is 0 Å². The number of aliphatic hydroxyl groups is 3. The molecule has 0 aromatic carbocycles. The molecule has 3 rings (SSSR count). The Morgan fingerprint density at radius 3 is 2.60 bits per heavy atom. The summed E-state index contributed by atoms with van der Waals surface area (Å²) >= 11 is 0. The van der Waals surface area contributed by atoms with Crippen molar-refractivity contribution in [3.05, 3.63) is 35.5 Å². The van der Waals surface area contributed by atoms with Crippen molar-refractivity contribution in [3.8, 4) is 0 Å². The third-order valence-corrected chi connectivity index (χ3v) is 8.62. The van der Waals surface area contributed by atoms with Crippen LogP contribution in [0.4, 0.5) is 0 Å². The van der Waals surface area contributed by atoms with Crippen LogP contribution in [0.25, 0.3) is 0 Å². The van der Waals surface area contributed by atoms with Crippen LogP contribution in [0.15, 0.2) is 35.5 Å². The summed E-state index contributed by atoms with van der Waals surface area (Å²) in [4.78, 5) is 0. The van der Waals surface area contributed by atoms with E-state index in [1.807, 2.05) is 0 Å². The van der Waals surface area contributed by atoms with Crippen LogP contribution >= 0.6 is 0 Å². The Balaban J connectivity index is 1.69. The molecule has 0 aromatic rings. The monoisotopic (exact) mass is 416 g/mol. The standard InChI is InChI=1S/C27H44O3/c1-18-8-12-22(28)17-21(18)11-10-20-7-6-16-27(5)23(13-14-24(20)27)19(2)9-15-25(29)26(3,4)30/h10-11,19,22-25,28-30H,1,6-9,12-17H2,2-5H3/b20-10+,21-11-/t19-,22+,23-,24+,25?,27-/m1/s1. The molecule has 0 aromatic heterocycles. The van der Waals surface area contributed by atoms with Crippen LogP contribution in [0.3, 0.4) is 0 Å². The molecule has 3 aliphatic carbocycles. The first kappa shape index (κ1) is 23.8. The van der Waals surface area contributed by atoms with Crippen LogP contribution in [0.2, 0.25) is 0 Å². The quantitative estimate of drug-likeness (QED) is 0.520. The zero-order chi connectivity index (χ0) is 22.1. The van der Waals surface area contributed by atoms with E-state index < -0.39 is 11.7 Å². The zero-order valence-electron chi connectivity index (χ0n) is 19.7. The predicted octanol–water partition coefficient (Wildman–Crippen LogP) is 5.70. The molecule has 170 valence electrons. The Kier molecular flexibility index (Phi) is 7.37. The van der Waals surface area contributed by atoms with Crippen molar-refractivity contribution in [1.29, 1.82) is 0 Å². The molecule has 3 saturated carbocycles. The topological polar surface area (TPSA) is 60.7 Å². The number of hydrogen-bond donors (Lipinski definition) is 3. The maximum atomic E-state index is 10.3. The fraction of sp³-hybridized carbons (Fsp3) is 0.778. The summed E-state index contributed by atoms with van der Waals surface area (Å²) in [6, 6.07) is 0. The van der Waals surface area contributed by atoms with Crippen LogP contribution < -0.4 is 0 Å². The molecule has 0 aliphatic heterocycles. The number of hydrogen-bond acceptors (Lipinski definition) is 3. The Morgan fingerprint density at radius 2 is 1.90 bits per heavy atom. The van der Waals surface area contributed by atoms with E-state index in [1.165, 1.54) is 43.3 Å². The Bertz CT molecular complexity index is 683. The maximum Gasteiger partial charge on any atom is 0.0849 e. The first-order valence-corrected chi connectivity index (χ1v) is 12.2. The third-order valence-electron chi connectivity index (χ3n) is 8.62. The first-order chi connectivity index (χ1) is 14.0. The molecule has 3 N–H and O–H groups in total. The summed E-state index contributed by atoms with van der Waals surface area (Å²) < 4.78 is 0. The third kappa shape index (κ3) is 5.11. The average molecular weight is 417 g/mol. The van der Waals surface area contributed by atoms with Gasteiger partial charge in [-0.2, -0.15) is 0 Å². The molecule has 0 spiro atoms. The summed E-state index contributed by atoms with van der Waals surface area (Å²) in [7, 11) is 0. The molecule has 6 atom stereocenters. The minimum Gasteiger partial charge on any atom is -0.393 e. The van der Waals surface area contributed by atoms with Gasteiger partial charge in [0.2, 0.25) is 0 Å². The van der Waals surface area contributed by atoms with Crippen molar-refractivity contribution in [2.45, 2.75) is 110 Å². The van der Waals surface area contributed by atoms with Gasteiger partial charge in [-0.1, -0.05) is 43.7 Å². The number of allylic oxidation sites excluding steroid dienone is 4. The van der Waals surface area contributed by atoms with Gasteiger partial charge < -0.3 is 15.3 Å². The largest absolute Gasteiger partial charge is 0.393 e. The molecule has 3 nitrogen and oxygen atoms in total. The smallest absolute Gasteiger partial charge is 0.0849 e. The second-order valence-electron chi connectivity index (χ2n) is 11.3. The van der Waals surface area contributed by atoms with Gasteiger partial charge in [-0.05, 0) is 107 Å². The highest BCUT2D eigenvalue weighted by atomic mass is 16.3. The molecule has 0 bridgehead atoms. The van der Waals surface area contributed by atoms with E-state index in [4.69, 9.17) is 0 Å². The van der Waals surface area contributed by atoms with Crippen molar-refractivity contribution in [2.24, 2.45) is 23.2 Å². The highest BCUT2D eigenvalue weighted by Gasteiger charge is 2.50. The highest BCUT2D eigenvalue weighted by molar-refractivity contribution is 5.36. The lowest BCUT2D eigenvalue weighted by Crippen LogP contribution is -2.38. The molecular formula is C27H44O3. The van der Waals surface area contributed by atoms with Gasteiger partial charge >= 0.3 is 0 Å². The number of rotatable bonds is 6. The summed E-state index contributed by atoms with van der Waals surface area (Å²) in [6.45, 7) is 12.5. The normalized spacial score (nSPS) is 37.4. The van der Waals surface area contributed by atoms with Crippen molar-refractivity contribution >= 4 is 0 Å². The molecule has 3 fully saturated rings. The van der Waals surface area contributed by atoms with E-state index in [2.05, 4.69) is 32.6 Å². The van der Waals surface area contributed by atoms with Gasteiger partial charge in [0.05, 0.1) is 17.8 Å². The summed E-state index contributed by atoms with van der Waals surface area (Å²) in [5.41, 5.74) is 3.34. The second-order valence-corrected chi connectivity index (χ2v) is 11.3. The zero-order valence-corrected chi connectivity index (χ0v) is 19.7. The van der Waals surface area contributed by atoms with E-state index in [0.29, 0.717) is 29.6 Å². The molecule has 0 heterocycles. The van der Waals surface area contributed by atoms with Crippen LogP contribution in [0, 0.1) is 23.2 Å². The Labute approximate surface area is 184 Å². The van der Waals surface area contributed by atoms with E-state index in [9.17, 15) is 15.3 Å². The Hall–Kier alpha value is -0.900. The van der Waals surface area contributed by atoms with Gasteiger partial charge in [0.15, 0.2) is 0 Å². The lowest BCUT2D eigenvalue weighted by Gasteiger charge is -2.44. The minimum absolute atomic E-state index is 0.215. The summed E-state index contributed by atoms with van der Waals surface area (Å²) in [6.07, 6.45) is 14.1. The molecule has 3 aliphatic rings. The molecule has 0 radical (unpaired) electrons. The fourth-order valence-corrected chi connectivity index (χ4v) is 6.58. The SMILES string of the molecule is C=C1CC[C@H](O)C/C1=C/C=C1\CCC[C@]2(C)[C@@H]([C@H](C)CCC(O)C(C)(C)O)CC[C@@H]12.